The maximum Gasteiger partial charge on any atom is 0.246 e. The van der Waals surface area contributed by atoms with E-state index in [2.05, 4.69) is 5.32 Å². The molecule has 0 unspecified atom stereocenters. The van der Waals surface area contributed by atoms with Gasteiger partial charge in [-0.05, 0) is 24.3 Å². The Bertz CT molecular complexity index is 790. The van der Waals surface area contributed by atoms with Crippen LogP contribution in [-0.2, 0) is 9.59 Å². The first kappa shape index (κ1) is 18.2. The van der Waals surface area contributed by atoms with Crippen LogP contribution in [0.3, 0.4) is 0 Å². The van der Waals surface area contributed by atoms with Crippen LogP contribution in [0.2, 0.25) is 0 Å². The fraction of sp³-hybridized carbons (Fsp3) is 0.158. The molecule has 2 rings (SSSR count). The van der Waals surface area contributed by atoms with Gasteiger partial charge >= 0.3 is 0 Å². The summed E-state index contributed by atoms with van der Waals surface area (Å²) in [4.78, 5) is 25.3. The Hall–Kier alpha value is -3.15. The number of carbonyl (C=O) groups excluding carboxylic acids is 2. The highest BCUT2D eigenvalue weighted by Crippen LogP contribution is 2.16. The van der Waals surface area contributed by atoms with Crippen molar-refractivity contribution in [1.29, 1.82) is 0 Å². The van der Waals surface area contributed by atoms with Gasteiger partial charge in [0, 0.05) is 30.4 Å². The number of rotatable bonds is 6. The molecule has 0 saturated heterocycles. The summed E-state index contributed by atoms with van der Waals surface area (Å²) < 4.78 is 18.6. The molecule has 5 nitrogen and oxygen atoms in total. The second kappa shape index (κ2) is 8.63. The molecule has 0 spiro atoms. The standard InChI is InChI=1S/C19H19FN2O3/c1-22(19(24)11-10-14-6-3-4-9-17(14)20)13-18(23)21-15-7-5-8-16(12-15)25-2/h3-12H,13H2,1-2H3,(H,21,23)/b11-10+. The summed E-state index contributed by atoms with van der Waals surface area (Å²) in [5.74, 6) is -0.535. The van der Waals surface area contributed by atoms with Crippen molar-refractivity contribution in [2.45, 2.75) is 0 Å². The topological polar surface area (TPSA) is 58.6 Å². The maximum atomic E-state index is 13.5. The molecule has 25 heavy (non-hydrogen) atoms. The van der Waals surface area contributed by atoms with Crippen molar-refractivity contribution >= 4 is 23.6 Å². The molecule has 1 N–H and O–H groups in total. The summed E-state index contributed by atoms with van der Waals surface area (Å²) in [5, 5.41) is 2.69. The van der Waals surface area contributed by atoms with Crippen molar-refractivity contribution in [2.24, 2.45) is 0 Å². The van der Waals surface area contributed by atoms with Crippen molar-refractivity contribution < 1.29 is 18.7 Å². The van der Waals surface area contributed by atoms with Gasteiger partial charge in [-0.1, -0.05) is 24.3 Å². The van der Waals surface area contributed by atoms with Gasteiger partial charge in [0.15, 0.2) is 0 Å². The van der Waals surface area contributed by atoms with E-state index in [4.69, 9.17) is 4.74 Å². The lowest BCUT2D eigenvalue weighted by atomic mass is 10.2. The van der Waals surface area contributed by atoms with Crippen LogP contribution in [0.25, 0.3) is 6.08 Å². The van der Waals surface area contributed by atoms with Crippen LogP contribution in [0.4, 0.5) is 10.1 Å². The molecule has 0 aliphatic carbocycles. The van der Waals surface area contributed by atoms with Crippen molar-refractivity contribution in [3.63, 3.8) is 0 Å². The number of ether oxygens (including phenoxy) is 1. The van der Waals surface area contributed by atoms with E-state index in [1.807, 2.05) is 0 Å². The highest BCUT2D eigenvalue weighted by molar-refractivity contribution is 5.98. The second-order valence-corrected chi connectivity index (χ2v) is 5.33. The third kappa shape index (κ3) is 5.46. The van der Waals surface area contributed by atoms with E-state index in [9.17, 15) is 14.0 Å². The predicted octanol–water partition coefficient (Wildman–Crippen LogP) is 2.94. The zero-order chi connectivity index (χ0) is 18.2. The van der Waals surface area contributed by atoms with Crippen LogP contribution >= 0.6 is 0 Å². The molecular weight excluding hydrogens is 323 g/mol. The summed E-state index contributed by atoms with van der Waals surface area (Å²) in [6, 6.07) is 13.0. The van der Waals surface area contributed by atoms with Crippen LogP contribution in [0.1, 0.15) is 5.56 Å². The van der Waals surface area contributed by atoms with Gasteiger partial charge in [0.2, 0.25) is 11.8 Å². The maximum absolute atomic E-state index is 13.5. The quantitative estimate of drug-likeness (QED) is 0.821. The Morgan fingerprint density at radius 2 is 1.96 bits per heavy atom. The number of hydrogen-bond acceptors (Lipinski definition) is 3. The molecule has 2 aromatic rings. The first-order chi connectivity index (χ1) is 12.0. The van der Waals surface area contributed by atoms with Crippen LogP contribution in [0.15, 0.2) is 54.6 Å². The average Bonchev–Trinajstić information content (AvgIpc) is 2.60. The largest absolute Gasteiger partial charge is 0.497 e. The van der Waals surface area contributed by atoms with Gasteiger partial charge < -0.3 is 15.0 Å². The third-order valence-corrected chi connectivity index (χ3v) is 3.42. The van der Waals surface area contributed by atoms with Crippen molar-refractivity contribution in [3.8, 4) is 5.75 Å². The summed E-state index contributed by atoms with van der Waals surface area (Å²) in [6.45, 7) is -0.127. The van der Waals surface area contributed by atoms with Crippen molar-refractivity contribution in [1.82, 2.24) is 4.90 Å². The van der Waals surface area contributed by atoms with E-state index < -0.39 is 11.7 Å². The van der Waals surface area contributed by atoms with Crippen LogP contribution < -0.4 is 10.1 Å². The van der Waals surface area contributed by atoms with Gasteiger partial charge in [-0.15, -0.1) is 0 Å². The molecule has 0 radical (unpaired) electrons. The Kier molecular flexibility index (Phi) is 6.28. The highest BCUT2D eigenvalue weighted by Gasteiger charge is 2.11. The van der Waals surface area contributed by atoms with Gasteiger partial charge in [0.05, 0.1) is 13.7 Å². The van der Waals surface area contributed by atoms with Crippen LogP contribution in [-0.4, -0.2) is 37.4 Å². The number of hydrogen-bond donors (Lipinski definition) is 1. The normalized spacial score (nSPS) is 10.5. The number of nitrogens with zero attached hydrogens (tertiary/aromatic N) is 1. The van der Waals surface area contributed by atoms with Gasteiger partial charge in [0.25, 0.3) is 0 Å². The molecule has 0 bridgehead atoms. The lowest BCUT2D eigenvalue weighted by molar-refractivity contribution is -0.129. The monoisotopic (exact) mass is 342 g/mol. The van der Waals surface area contributed by atoms with Crippen LogP contribution in [0, 0.1) is 5.82 Å². The summed E-state index contributed by atoms with van der Waals surface area (Å²) in [5.41, 5.74) is 0.886. The van der Waals surface area contributed by atoms with E-state index in [1.54, 1.807) is 42.5 Å². The number of halogens is 1. The highest BCUT2D eigenvalue weighted by atomic mass is 19.1. The number of benzene rings is 2. The number of nitrogens with one attached hydrogen (secondary N) is 1. The van der Waals surface area contributed by atoms with Gasteiger partial charge in [0.1, 0.15) is 11.6 Å². The molecule has 130 valence electrons. The molecule has 6 heteroatoms. The summed E-state index contributed by atoms with van der Waals surface area (Å²) in [7, 11) is 3.04. The SMILES string of the molecule is COc1cccc(NC(=O)CN(C)C(=O)/C=C/c2ccccc2F)c1. The Balaban J connectivity index is 1.91. The molecule has 0 aliphatic rings. The first-order valence-electron chi connectivity index (χ1n) is 7.61. The Morgan fingerprint density at radius 1 is 1.20 bits per heavy atom. The summed E-state index contributed by atoms with van der Waals surface area (Å²) in [6.07, 6.45) is 2.62. The van der Waals surface area contributed by atoms with E-state index in [0.717, 1.165) is 0 Å². The van der Waals surface area contributed by atoms with Gasteiger partial charge in [-0.25, -0.2) is 4.39 Å². The number of carbonyl (C=O) groups is 2. The fourth-order valence-corrected chi connectivity index (χ4v) is 2.09. The molecule has 0 saturated carbocycles. The van der Waals surface area contributed by atoms with Gasteiger partial charge in [-0.3, -0.25) is 9.59 Å². The second-order valence-electron chi connectivity index (χ2n) is 5.33. The van der Waals surface area contributed by atoms with E-state index >= 15 is 0 Å². The Labute approximate surface area is 145 Å². The number of likely N-dealkylation sites (N-methyl/N-ethyl adjacent to an activating group) is 1. The van der Waals surface area contributed by atoms with Crippen molar-refractivity contribution in [2.75, 3.05) is 26.0 Å². The number of anilines is 1. The molecular formula is C19H19FN2O3. The molecule has 0 aliphatic heterocycles. The zero-order valence-electron chi connectivity index (χ0n) is 14.0. The molecule has 0 fully saturated rings. The minimum atomic E-state index is -0.412. The first-order valence-corrected chi connectivity index (χ1v) is 7.61. The minimum Gasteiger partial charge on any atom is -0.497 e. The lowest BCUT2D eigenvalue weighted by Gasteiger charge is -2.15. The molecule has 2 amide bonds. The Morgan fingerprint density at radius 3 is 2.68 bits per heavy atom. The lowest BCUT2D eigenvalue weighted by Crippen LogP contribution is -2.33. The average molecular weight is 342 g/mol. The molecule has 0 heterocycles. The van der Waals surface area contributed by atoms with Gasteiger partial charge in [-0.2, -0.15) is 0 Å². The van der Waals surface area contributed by atoms with E-state index in [-0.39, 0.29) is 12.5 Å². The number of amides is 2. The fourth-order valence-electron chi connectivity index (χ4n) is 2.09. The predicted molar refractivity (Wildman–Crippen MR) is 94.7 cm³/mol. The van der Waals surface area contributed by atoms with E-state index in [1.165, 1.54) is 37.3 Å². The van der Waals surface area contributed by atoms with E-state index in [0.29, 0.717) is 17.0 Å². The molecule has 0 aromatic heterocycles. The summed E-state index contributed by atoms with van der Waals surface area (Å²) >= 11 is 0. The minimum absolute atomic E-state index is 0.127. The zero-order valence-corrected chi connectivity index (χ0v) is 14.0. The number of methoxy groups -OCH3 is 1. The van der Waals surface area contributed by atoms with Crippen LogP contribution in [0.5, 0.6) is 5.75 Å². The van der Waals surface area contributed by atoms with Crippen molar-refractivity contribution in [3.05, 3.63) is 66.0 Å². The molecule has 2 aromatic carbocycles. The smallest absolute Gasteiger partial charge is 0.246 e. The molecule has 0 atom stereocenters. The third-order valence-electron chi connectivity index (χ3n) is 3.42.